The zero-order valence-corrected chi connectivity index (χ0v) is 9.21. The maximum atomic E-state index is 10.6. The molecule has 0 saturated heterocycles. The summed E-state index contributed by atoms with van der Waals surface area (Å²) >= 11 is 1.62. The number of aryl methyl sites for hydroxylation is 1. The molecule has 0 bridgehead atoms. The molecule has 78 valence electrons. The molecule has 0 atom stereocenters. The molecule has 15 heavy (non-hydrogen) atoms. The second-order valence-corrected chi connectivity index (χ2v) is 4.33. The van der Waals surface area contributed by atoms with Crippen LogP contribution in [0.1, 0.15) is 5.01 Å². The minimum absolute atomic E-state index is 0.474. The third-order valence-corrected chi connectivity index (χ3v) is 2.75. The van der Waals surface area contributed by atoms with E-state index < -0.39 is 0 Å². The summed E-state index contributed by atoms with van der Waals surface area (Å²) < 4.78 is 1.08. The summed E-state index contributed by atoms with van der Waals surface area (Å²) in [6, 6.07) is 5.67. The molecule has 1 aromatic heterocycles. The zero-order valence-electron chi connectivity index (χ0n) is 8.39. The van der Waals surface area contributed by atoms with Crippen molar-refractivity contribution in [2.24, 2.45) is 5.22 Å². The fraction of sp³-hybridized carbons (Fsp3) is 0.222. The van der Waals surface area contributed by atoms with Crippen LogP contribution in [0.2, 0.25) is 0 Å². The van der Waals surface area contributed by atoms with Crippen LogP contribution >= 0.6 is 11.3 Å². The van der Waals surface area contributed by atoms with Crippen LogP contribution in [0, 0.1) is 12.1 Å². The Morgan fingerprint density at radius 2 is 2.33 bits per heavy atom. The molecule has 0 amide bonds. The molecule has 2 aromatic rings. The Hall–Kier alpha value is -1.69. The van der Waals surface area contributed by atoms with Gasteiger partial charge in [-0.3, -0.25) is 0 Å². The lowest BCUT2D eigenvalue weighted by molar-refractivity contribution is -0.497. The molecule has 2 rings (SSSR count). The highest BCUT2D eigenvalue weighted by molar-refractivity contribution is 7.18. The van der Waals surface area contributed by atoms with Crippen molar-refractivity contribution in [1.82, 2.24) is 4.98 Å². The van der Waals surface area contributed by atoms with Gasteiger partial charge in [0.1, 0.15) is 12.7 Å². The first kappa shape index (κ1) is 9.85. The Morgan fingerprint density at radius 3 is 3.07 bits per heavy atom. The van der Waals surface area contributed by atoms with Crippen LogP contribution in [0.25, 0.3) is 10.2 Å². The van der Waals surface area contributed by atoms with Crippen molar-refractivity contribution in [1.29, 1.82) is 0 Å². The highest BCUT2D eigenvalue weighted by Crippen LogP contribution is 2.24. The van der Waals surface area contributed by atoms with Crippen molar-refractivity contribution >= 4 is 27.2 Å². The van der Waals surface area contributed by atoms with Gasteiger partial charge in [0.25, 0.3) is 0 Å². The average molecular weight is 222 g/mol. The number of hydrogen-bond acceptors (Lipinski definition) is 4. The SMILES string of the molecule is Cc1nc2ccc(N/N=[N+](/C)[O-])cc2s1. The van der Waals surface area contributed by atoms with E-state index >= 15 is 0 Å². The van der Waals surface area contributed by atoms with E-state index in [0.717, 1.165) is 20.9 Å². The van der Waals surface area contributed by atoms with Gasteiger partial charge in [0.2, 0.25) is 0 Å². The van der Waals surface area contributed by atoms with Gasteiger partial charge in [0.15, 0.2) is 0 Å². The molecule has 1 aromatic carbocycles. The highest BCUT2D eigenvalue weighted by atomic mass is 32.1. The molecular formula is C9H10N4OS. The van der Waals surface area contributed by atoms with Crippen LogP contribution in [0.4, 0.5) is 5.69 Å². The fourth-order valence-electron chi connectivity index (χ4n) is 1.24. The van der Waals surface area contributed by atoms with Crippen LogP contribution in [0.15, 0.2) is 23.4 Å². The maximum absolute atomic E-state index is 10.6. The molecule has 6 heteroatoms. The lowest BCUT2D eigenvalue weighted by Gasteiger charge is -1.97. The molecule has 0 saturated carbocycles. The summed E-state index contributed by atoms with van der Waals surface area (Å²) in [7, 11) is 1.32. The number of thiazole rings is 1. The van der Waals surface area contributed by atoms with Gasteiger partial charge >= 0.3 is 0 Å². The van der Waals surface area contributed by atoms with Gasteiger partial charge < -0.3 is 5.21 Å². The second-order valence-electron chi connectivity index (χ2n) is 3.09. The van der Waals surface area contributed by atoms with E-state index in [4.69, 9.17) is 0 Å². The average Bonchev–Trinajstić information content (AvgIpc) is 2.53. The Kier molecular flexibility index (Phi) is 2.51. The predicted octanol–water partition coefficient (Wildman–Crippen LogP) is 2.52. The summed E-state index contributed by atoms with van der Waals surface area (Å²) in [5.74, 6) is 0. The Labute approximate surface area is 90.6 Å². The van der Waals surface area contributed by atoms with Gasteiger partial charge in [-0.25, -0.2) is 4.98 Å². The van der Waals surface area contributed by atoms with Crippen LogP contribution < -0.4 is 5.43 Å². The van der Waals surface area contributed by atoms with Crippen molar-refractivity contribution in [3.8, 4) is 0 Å². The number of hydrogen-bond donors (Lipinski definition) is 1. The zero-order chi connectivity index (χ0) is 10.8. The lowest BCUT2D eigenvalue weighted by atomic mass is 10.3. The summed E-state index contributed by atoms with van der Waals surface area (Å²) in [5.41, 5.74) is 4.42. The third-order valence-electron chi connectivity index (χ3n) is 1.82. The standard InChI is InChI=1S/C9H10N4OS/c1-6-10-8-4-3-7(5-9(8)15-6)11-12-13(2)14/h3-5,11H,1-2H3/b13-12-. The van der Waals surface area contributed by atoms with Crippen LogP contribution in [0.3, 0.4) is 0 Å². The Morgan fingerprint density at radius 1 is 1.53 bits per heavy atom. The first-order valence-corrected chi connectivity index (χ1v) is 5.21. The molecule has 5 nitrogen and oxygen atoms in total. The van der Waals surface area contributed by atoms with Crippen molar-refractivity contribution < 1.29 is 4.86 Å². The van der Waals surface area contributed by atoms with Crippen molar-refractivity contribution in [2.75, 3.05) is 12.5 Å². The van der Waals surface area contributed by atoms with Gasteiger partial charge in [-0.15, -0.1) is 16.8 Å². The minimum atomic E-state index is 0.474. The number of hydroxylamine groups is 1. The third kappa shape index (κ3) is 2.21. The van der Waals surface area contributed by atoms with Gasteiger partial charge in [0, 0.05) is 6.07 Å². The van der Waals surface area contributed by atoms with Crippen molar-refractivity contribution in [2.45, 2.75) is 6.92 Å². The van der Waals surface area contributed by atoms with E-state index in [0.29, 0.717) is 4.86 Å². The molecule has 0 spiro atoms. The molecule has 0 aliphatic rings. The van der Waals surface area contributed by atoms with Gasteiger partial charge in [-0.1, -0.05) is 0 Å². The minimum Gasteiger partial charge on any atom is -0.696 e. The van der Waals surface area contributed by atoms with E-state index in [1.807, 2.05) is 25.1 Å². The number of nitrogens with one attached hydrogen (secondary N) is 1. The maximum Gasteiger partial charge on any atom is 0.148 e. The normalized spacial score (nSPS) is 12.0. The number of anilines is 1. The molecular weight excluding hydrogens is 212 g/mol. The molecule has 0 aliphatic carbocycles. The van der Waals surface area contributed by atoms with Gasteiger partial charge in [-0.2, -0.15) is 4.86 Å². The quantitative estimate of drug-likeness (QED) is 0.482. The van der Waals surface area contributed by atoms with Crippen LogP contribution in [-0.4, -0.2) is 16.9 Å². The highest BCUT2D eigenvalue weighted by Gasteiger charge is 2.03. The summed E-state index contributed by atoms with van der Waals surface area (Å²) in [6.45, 7) is 1.97. The number of aromatic nitrogens is 1. The summed E-state index contributed by atoms with van der Waals surface area (Å²) in [4.78, 5) is 4.81. The topological polar surface area (TPSA) is 63.3 Å². The Balaban J connectivity index is 2.34. The molecule has 0 radical (unpaired) electrons. The van der Waals surface area contributed by atoms with Crippen LogP contribution in [-0.2, 0) is 0 Å². The number of benzene rings is 1. The van der Waals surface area contributed by atoms with E-state index in [1.54, 1.807) is 11.3 Å². The van der Waals surface area contributed by atoms with Gasteiger partial charge in [0.05, 0.1) is 20.4 Å². The van der Waals surface area contributed by atoms with Crippen molar-refractivity contribution in [3.05, 3.63) is 28.4 Å². The first-order chi connectivity index (χ1) is 7.15. The number of rotatable bonds is 2. The first-order valence-electron chi connectivity index (χ1n) is 4.40. The molecule has 0 unspecified atom stereocenters. The van der Waals surface area contributed by atoms with Gasteiger partial charge in [-0.05, 0) is 19.1 Å². The number of nitrogens with zero attached hydrogens (tertiary/aromatic N) is 3. The number of fused-ring (bicyclic) bond motifs is 1. The van der Waals surface area contributed by atoms with Crippen LogP contribution in [0.5, 0.6) is 0 Å². The monoisotopic (exact) mass is 222 g/mol. The lowest BCUT2D eigenvalue weighted by Crippen LogP contribution is -1.96. The summed E-state index contributed by atoms with van der Waals surface area (Å²) in [6.07, 6.45) is 0. The van der Waals surface area contributed by atoms with E-state index in [9.17, 15) is 5.21 Å². The largest absolute Gasteiger partial charge is 0.696 e. The van der Waals surface area contributed by atoms with E-state index in [2.05, 4.69) is 15.6 Å². The second kappa shape index (κ2) is 3.82. The summed E-state index contributed by atoms with van der Waals surface area (Å²) in [5, 5.41) is 15.1. The molecule has 1 heterocycles. The smallest absolute Gasteiger partial charge is 0.148 e. The van der Waals surface area contributed by atoms with E-state index in [1.165, 1.54) is 7.05 Å². The molecule has 0 fully saturated rings. The Bertz CT molecular complexity index is 516. The predicted molar refractivity (Wildman–Crippen MR) is 60.0 cm³/mol. The molecule has 0 aliphatic heterocycles. The molecule has 1 N–H and O–H groups in total. The van der Waals surface area contributed by atoms with Crippen molar-refractivity contribution in [3.63, 3.8) is 0 Å². The fourth-order valence-corrected chi connectivity index (χ4v) is 2.10. The van der Waals surface area contributed by atoms with E-state index in [-0.39, 0.29) is 0 Å².